The van der Waals surface area contributed by atoms with Crippen LogP contribution in [0.2, 0.25) is 0 Å². The summed E-state index contributed by atoms with van der Waals surface area (Å²) in [7, 11) is 0. The van der Waals surface area contributed by atoms with Crippen molar-refractivity contribution in [1.29, 1.82) is 0 Å². The van der Waals surface area contributed by atoms with Crippen LogP contribution in [0.1, 0.15) is 6.92 Å². The van der Waals surface area contributed by atoms with Crippen LogP contribution in [0.15, 0.2) is 12.2 Å². The minimum absolute atomic E-state index is 0.103. The van der Waals surface area contributed by atoms with Gasteiger partial charge in [-0.3, -0.25) is 10.1 Å². The lowest BCUT2D eigenvalue weighted by Crippen LogP contribution is -2.32. The fraction of sp³-hybridized carbons (Fsp3) is 0.444. The van der Waals surface area contributed by atoms with E-state index >= 15 is 0 Å². The Kier molecular flexibility index (Phi) is 6.95. The van der Waals surface area contributed by atoms with Gasteiger partial charge in [0.05, 0.1) is 0 Å². The van der Waals surface area contributed by atoms with Crippen LogP contribution in [0.4, 0.5) is 4.79 Å². The van der Waals surface area contributed by atoms with E-state index in [1.165, 1.54) is 6.92 Å². The van der Waals surface area contributed by atoms with Gasteiger partial charge in [0.25, 0.3) is 0 Å². The standard InChI is InChI=1S/C9H12ClNO5/c1-6(2)8(13)15-3-4-16-9(14)11-7(12)5-10/h1,3-5H2,2H3,(H,11,12,14). The number of nitrogens with one attached hydrogen (secondary N) is 1. The molecule has 0 unspecified atom stereocenters. The quantitative estimate of drug-likeness (QED) is 0.334. The molecule has 0 aliphatic carbocycles. The van der Waals surface area contributed by atoms with E-state index in [4.69, 9.17) is 11.6 Å². The summed E-state index contributed by atoms with van der Waals surface area (Å²) in [5.74, 6) is -1.56. The van der Waals surface area contributed by atoms with E-state index in [1.807, 2.05) is 5.32 Å². The van der Waals surface area contributed by atoms with E-state index in [0.717, 1.165) is 0 Å². The Morgan fingerprint density at radius 1 is 1.25 bits per heavy atom. The van der Waals surface area contributed by atoms with Gasteiger partial charge in [0.2, 0.25) is 5.91 Å². The average Bonchev–Trinajstić information content (AvgIpc) is 2.23. The van der Waals surface area contributed by atoms with Gasteiger partial charge < -0.3 is 9.47 Å². The molecular formula is C9H12ClNO5. The second-order valence-corrected chi connectivity index (χ2v) is 3.00. The summed E-state index contributed by atoms with van der Waals surface area (Å²) < 4.78 is 9.14. The zero-order valence-electron chi connectivity index (χ0n) is 8.75. The van der Waals surface area contributed by atoms with Gasteiger partial charge in [-0.2, -0.15) is 0 Å². The first kappa shape index (κ1) is 14.4. The van der Waals surface area contributed by atoms with Crippen LogP contribution in [0.25, 0.3) is 0 Å². The average molecular weight is 250 g/mol. The smallest absolute Gasteiger partial charge is 0.413 e. The van der Waals surface area contributed by atoms with Crippen LogP contribution >= 0.6 is 11.6 Å². The number of hydrogen-bond donors (Lipinski definition) is 1. The topological polar surface area (TPSA) is 81.7 Å². The molecule has 1 N–H and O–H groups in total. The molecule has 0 bridgehead atoms. The van der Waals surface area contributed by atoms with Crippen molar-refractivity contribution >= 4 is 29.6 Å². The Labute approximate surface area is 97.5 Å². The fourth-order valence-corrected chi connectivity index (χ4v) is 0.642. The summed E-state index contributed by atoms with van der Waals surface area (Å²) in [5.41, 5.74) is 0.252. The number of esters is 1. The van der Waals surface area contributed by atoms with Crippen molar-refractivity contribution in [2.75, 3.05) is 19.1 Å². The maximum absolute atomic E-state index is 10.9. The lowest BCUT2D eigenvalue weighted by molar-refractivity contribution is -0.140. The molecule has 0 aromatic heterocycles. The zero-order valence-corrected chi connectivity index (χ0v) is 9.50. The third kappa shape index (κ3) is 6.83. The molecule has 0 rings (SSSR count). The molecule has 0 spiro atoms. The molecular weight excluding hydrogens is 238 g/mol. The highest BCUT2D eigenvalue weighted by Crippen LogP contribution is 1.91. The van der Waals surface area contributed by atoms with Gasteiger partial charge in [0.1, 0.15) is 19.1 Å². The van der Waals surface area contributed by atoms with E-state index in [9.17, 15) is 14.4 Å². The summed E-state index contributed by atoms with van der Waals surface area (Å²) in [6.07, 6.45) is -0.933. The molecule has 0 saturated carbocycles. The van der Waals surface area contributed by atoms with Gasteiger partial charge in [-0.05, 0) is 6.92 Å². The maximum atomic E-state index is 10.9. The molecule has 0 heterocycles. The minimum Gasteiger partial charge on any atom is -0.459 e. The lowest BCUT2D eigenvalue weighted by atomic mass is 10.4. The number of ether oxygens (including phenoxy) is 2. The molecule has 0 aliphatic heterocycles. The highest BCUT2D eigenvalue weighted by molar-refractivity contribution is 6.28. The first-order valence-corrected chi connectivity index (χ1v) is 4.86. The van der Waals surface area contributed by atoms with Crippen molar-refractivity contribution in [3.63, 3.8) is 0 Å². The van der Waals surface area contributed by atoms with Crippen molar-refractivity contribution < 1.29 is 23.9 Å². The molecule has 90 valence electrons. The Hall–Kier alpha value is -1.56. The lowest BCUT2D eigenvalue weighted by Gasteiger charge is -2.06. The number of imide groups is 1. The summed E-state index contributed by atoms with van der Waals surface area (Å²) in [4.78, 5) is 32.3. The van der Waals surface area contributed by atoms with Crippen molar-refractivity contribution in [3.8, 4) is 0 Å². The van der Waals surface area contributed by atoms with Crippen LogP contribution in [-0.2, 0) is 19.1 Å². The predicted molar refractivity (Wildman–Crippen MR) is 56.0 cm³/mol. The molecule has 7 heteroatoms. The maximum Gasteiger partial charge on any atom is 0.413 e. The Bertz CT molecular complexity index is 302. The summed E-state index contributed by atoms with van der Waals surface area (Å²) >= 11 is 5.13. The number of carbonyl (C=O) groups is 3. The molecule has 0 radical (unpaired) electrons. The first-order valence-electron chi connectivity index (χ1n) is 4.32. The number of hydrogen-bond acceptors (Lipinski definition) is 5. The van der Waals surface area contributed by atoms with Crippen molar-refractivity contribution in [2.24, 2.45) is 0 Å². The van der Waals surface area contributed by atoms with Crippen LogP contribution in [0, 0.1) is 0 Å². The van der Waals surface area contributed by atoms with E-state index in [0.29, 0.717) is 0 Å². The fourth-order valence-electron chi connectivity index (χ4n) is 0.575. The molecule has 16 heavy (non-hydrogen) atoms. The molecule has 0 aromatic carbocycles. The SMILES string of the molecule is C=C(C)C(=O)OCCOC(=O)NC(=O)CCl. The monoisotopic (exact) mass is 249 g/mol. The van der Waals surface area contributed by atoms with Gasteiger partial charge in [0.15, 0.2) is 0 Å². The Morgan fingerprint density at radius 2 is 1.81 bits per heavy atom. The van der Waals surface area contributed by atoms with Crippen LogP contribution in [-0.4, -0.2) is 37.1 Å². The minimum atomic E-state index is -0.933. The predicted octanol–water partition coefficient (Wildman–Crippen LogP) is 0.597. The van der Waals surface area contributed by atoms with Crippen molar-refractivity contribution in [2.45, 2.75) is 6.92 Å². The van der Waals surface area contributed by atoms with Crippen LogP contribution < -0.4 is 5.32 Å². The van der Waals surface area contributed by atoms with Crippen LogP contribution in [0.3, 0.4) is 0 Å². The van der Waals surface area contributed by atoms with E-state index in [2.05, 4.69) is 16.1 Å². The van der Waals surface area contributed by atoms with E-state index in [-0.39, 0.29) is 24.7 Å². The van der Waals surface area contributed by atoms with E-state index < -0.39 is 18.0 Å². The number of carbonyl (C=O) groups excluding carboxylic acids is 3. The number of alkyl carbamates (subject to hydrolysis) is 1. The second kappa shape index (κ2) is 7.70. The number of amides is 2. The molecule has 0 aliphatic rings. The van der Waals surface area contributed by atoms with Gasteiger partial charge in [-0.15, -0.1) is 11.6 Å². The highest BCUT2D eigenvalue weighted by Gasteiger charge is 2.08. The highest BCUT2D eigenvalue weighted by atomic mass is 35.5. The number of halogens is 1. The van der Waals surface area contributed by atoms with E-state index in [1.54, 1.807) is 0 Å². The Balaban J connectivity index is 3.59. The normalized spacial score (nSPS) is 9.12. The number of alkyl halides is 1. The van der Waals surface area contributed by atoms with Crippen LogP contribution in [0.5, 0.6) is 0 Å². The first-order chi connectivity index (χ1) is 7.47. The van der Waals surface area contributed by atoms with Gasteiger partial charge in [-0.1, -0.05) is 6.58 Å². The zero-order chi connectivity index (χ0) is 12.6. The third-order valence-corrected chi connectivity index (χ3v) is 1.50. The summed E-state index contributed by atoms with van der Waals surface area (Å²) in [6, 6.07) is 0. The van der Waals surface area contributed by atoms with Crippen molar-refractivity contribution in [1.82, 2.24) is 5.32 Å². The second-order valence-electron chi connectivity index (χ2n) is 2.73. The molecule has 2 amide bonds. The summed E-state index contributed by atoms with van der Waals surface area (Å²) in [6.45, 7) is 4.61. The summed E-state index contributed by atoms with van der Waals surface area (Å²) in [5, 5.41) is 1.85. The van der Waals surface area contributed by atoms with Gasteiger partial charge in [0, 0.05) is 5.57 Å². The Morgan fingerprint density at radius 3 is 2.31 bits per heavy atom. The molecule has 0 atom stereocenters. The molecule has 0 saturated heterocycles. The number of rotatable bonds is 5. The molecule has 6 nitrogen and oxygen atoms in total. The van der Waals surface area contributed by atoms with Crippen molar-refractivity contribution in [3.05, 3.63) is 12.2 Å². The molecule has 0 aromatic rings. The van der Waals surface area contributed by atoms with Gasteiger partial charge in [-0.25, -0.2) is 9.59 Å². The largest absolute Gasteiger partial charge is 0.459 e. The molecule has 0 fully saturated rings. The van der Waals surface area contributed by atoms with Gasteiger partial charge >= 0.3 is 12.1 Å². The third-order valence-electron chi connectivity index (χ3n) is 1.26.